The minimum atomic E-state index is -0.326. The van der Waals surface area contributed by atoms with E-state index in [1.165, 1.54) is 5.56 Å². The van der Waals surface area contributed by atoms with E-state index in [4.69, 9.17) is 0 Å². The second-order valence-electron chi connectivity index (χ2n) is 7.13. The van der Waals surface area contributed by atoms with Crippen LogP contribution in [-0.2, 0) is 16.0 Å². The Kier molecular flexibility index (Phi) is 5.12. The lowest BCUT2D eigenvalue weighted by Gasteiger charge is -2.19. The maximum Gasteiger partial charge on any atom is 0.229 e. The molecule has 2 aromatic rings. The van der Waals surface area contributed by atoms with Gasteiger partial charge in [0.1, 0.15) is 0 Å². The molecule has 2 aromatic carbocycles. The van der Waals surface area contributed by atoms with Crippen molar-refractivity contribution < 1.29 is 9.59 Å². The number of anilines is 2. The van der Waals surface area contributed by atoms with Gasteiger partial charge in [-0.15, -0.1) is 0 Å². The van der Waals surface area contributed by atoms with Gasteiger partial charge in [0, 0.05) is 24.3 Å². The van der Waals surface area contributed by atoms with E-state index in [9.17, 15) is 9.59 Å². The van der Waals surface area contributed by atoms with Crippen molar-refractivity contribution in [1.82, 2.24) is 0 Å². The van der Waals surface area contributed by atoms with Crippen LogP contribution in [0.5, 0.6) is 0 Å². The van der Waals surface area contributed by atoms with Crippen LogP contribution in [0.4, 0.5) is 11.4 Å². The van der Waals surface area contributed by atoms with Crippen molar-refractivity contribution in [3.63, 3.8) is 0 Å². The Morgan fingerprint density at radius 2 is 1.88 bits per heavy atom. The zero-order chi connectivity index (χ0) is 18.8. The molecule has 1 N–H and O–H groups in total. The van der Waals surface area contributed by atoms with Crippen LogP contribution in [0, 0.1) is 26.7 Å². The van der Waals surface area contributed by atoms with Gasteiger partial charge in [-0.2, -0.15) is 0 Å². The number of amides is 2. The lowest BCUT2D eigenvalue weighted by atomic mass is 10.0. The first-order chi connectivity index (χ1) is 12.4. The topological polar surface area (TPSA) is 49.4 Å². The highest BCUT2D eigenvalue weighted by molar-refractivity contribution is 6.04. The zero-order valence-electron chi connectivity index (χ0n) is 15.9. The summed E-state index contributed by atoms with van der Waals surface area (Å²) in [5.41, 5.74) is 6.27. The van der Waals surface area contributed by atoms with Crippen molar-refractivity contribution >= 4 is 23.2 Å². The van der Waals surface area contributed by atoms with Crippen LogP contribution in [0.25, 0.3) is 0 Å². The van der Waals surface area contributed by atoms with Crippen LogP contribution in [0.2, 0.25) is 0 Å². The van der Waals surface area contributed by atoms with Crippen molar-refractivity contribution in [2.24, 2.45) is 5.92 Å². The third kappa shape index (κ3) is 3.50. The van der Waals surface area contributed by atoms with E-state index in [2.05, 4.69) is 19.2 Å². The fraction of sp³-hybridized carbons (Fsp3) is 0.364. The SMILES string of the molecule is CCc1cccc(C)c1NC(=O)C1CC(=O)N(c2ccc(C)c(C)c2)C1. The number of nitrogens with zero attached hydrogens (tertiary/aromatic N) is 1. The molecule has 0 aromatic heterocycles. The minimum Gasteiger partial charge on any atom is -0.325 e. The van der Waals surface area contributed by atoms with Crippen molar-refractivity contribution in [3.8, 4) is 0 Å². The maximum atomic E-state index is 12.8. The van der Waals surface area contributed by atoms with E-state index in [1.807, 2.05) is 50.2 Å². The van der Waals surface area contributed by atoms with Gasteiger partial charge in [0.15, 0.2) is 0 Å². The van der Waals surface area contributed by atoms with Crippen molar-refractivity contribution in [1.29, 1.82) is 0 Å². The first kappa shape index (κ1) is 18.2. The average Bonchev–Trinajstić information content (AvgIpc) is 3.01. The Balaban J connectivity index is 1.76. The molecule has 1 atom stereocenters. The summed E-state index contributed by atoms with van der Waals surface area (Å²) in [6, 6.07) is 12.0. The summed E-state index contributed by atoms with van der Waals surface area (Å²) in [4.78, 5) is 27.0. The predicted octanol–water partition coefficient (Wildman–Crippen LogP) is 4.17. The molecule has 0 radical (unpaired) electrons. The highest BCUT2D eigenvalue weighted by atomic mass is 16.2. The molecule has 4 nitrogen and oxygen atoms in total. The van der Waals surface area contributed by atoms with Crippen LogP contribution < -0.4 is 10.2 Å². The summed E-state index contributed by atoms with van der Waals surface area (Å²) >= 11 is 0. The highest BCUT2D eigenvalue weighted by Gasteiger charge is 2.35. The Bertz CT molecular complexity index is 857. The van der Waals surface area contributed by atoms with Gasteiger partial charge < -0.3 is 10.2 Å². The van der Waals surface area contributed by atoms with E-state index in [-0.39, 0.29) is 24.2 Å². The highest BCUT2D eigenvalue weighted by Crippen LogP contribution is 2.29. The van der Waals surface area contributed by atoms with Crippen molar-refractivity contribution in [2.75, 3.05) is 16.8 Å². The van der Waals surface area contributed by atoms with Gasteiger partial charge in [-0.05, 0) is 61.6 Å². The normalized spacial score (nSPS) is 16.8. The number of hydrogen-bond donors (Lipinski definition) is 1. The molecular weight excluding hydrogens is 324 g/mol. The smallest absolute Gasteiger partial charge is 0.229 e. The molecule has 136 valence electrons. The Labute approximate surface area is 155 Å². The second kappa shape index (κ2) is 7.32. The molecule has 3 rings (SSSR count). The quantitative estimate of drug-likeness (QED) is 0.900. The number of nitrogens with one attached hydrogen (secondary N) is 1. The number of carbonyl (C=O) groups is 2. The van der Waals surface area contributed by atoms with Gasteiger partial charge >= 0.3 is 0 Å². The standard InChI is InChI=1S/C22H26N2O2/c1-5-17-8-6-7-15(3)21(17)23-22(26)18-12-20(25)24(13-18)19-10-9-14(2)16(4)11-19/h6-11,18H,5,12-13H2,1-4H3,(H,23,26). The molecule has 1 saturated heterocycles. The third-order valence-corrected chi connectivity index (χ3v) is 5.29. The Hall–Kier alpha value is -2.62. The molecule has 0 bridgehead atoms. The van der Waals surface area contributed by atoms with Gasteiger partial charge in [0.25, 0.3) is 0 Å². The molecule has 1 heterocycles. The van der Waals surface area contributed by atoms with Crippen LogP contribution in [0.3, 0.4) is 0 Å². The van der Waals surface area contributed by atoms with E-state index in [0.717, 1.165) is 34.5 Å². The summed E-state index contributed by atoms with van der Waals surface area (Å²) in [5.74, 6) is -0.393. The third-order valence-electron chi connectivity index (χ3n) is 5.29. The molecule has 0 aliphatic carbocycles. The van der Waals surface area contributed by atoms with Gasteiger partial charge in [-0.3, -0.25) is 9.59 Å². The number of para-hydroxylation sites is 1. The molecule has 1 aliphatic heterocycles. The number of rotatable bonds is 4. The molecular formula is C22H26N2O2. The van der Waals surface area contributed by atoms with E-state index < -0.39 is 0 Å². The maximum absolute atomic E-state index is 12.8. The molecule has 1 fully saturated rings. The zero-order valence-corrected chi connectivity index (χ0v) is 15.9. The Morgan fingerprint density at radius 3 is 2.58 bits per heavy atom. The molecule has 2 amide bonds. The van der Waals surface area contributed by atoms with Gasteiger partial charge in [-0.1, -0.05) is 31.2 Å². The number of benzene rings is 2. The summed E-state index contributed by atoms with van der Waals surface area (Å²) in [6.07, 6.45) is 1.11. The van der Waals surface area contributed by atoms with Crippen molar-refractivity contribution in [2.45, 2.75) is 40.5 Å². The molecule has 0 saturated carbocycles. The molecule has 0 spiro atoms. The number of carbonyl (C=O) groups excluding carboxylic acids is 2. The van der Waals surface area contributed by atoms with E-state index in [1.54, 1.807) is 4.90 Å². The fourth-order valence-corrected chi connectivity index (χ4v) is 3.45. The minimum absolute atomic E-state index is 0.00824. The fourth-order valence-electron chi connectivity index (χ4n) is 3.45. The van der Waals surface area contributed by atoms with Gasteiger partial charge in [0.05, 0.1) is 5.92 Å². The first-order valence-electron chi connectivity index (χ1n) is 9.17. The monoisotopic (exact) mass is 350 g/mol. The first-order valence-corrected chi connectivity index (χ1v) is 9.17. The average molecular weight is 350 g/mol. The summed E-state index contributed by atoms with van der Waals surface area (Å²) in [5, 5.41) is 3.07. The number of aryl methyl sites for hydroxylation is 4. The molecule has 1 unspecified atom stereocenters. The van der Waals surface area contributed by atoms with Crippen LogP contribution >= 0.6 is 0 Å². The molecule has 1 aliphatic rings. The lowest BCUT2D eigenvalue weighted by molar-refractivity contribution is -0.122. The second-order valence-corrected chi connectivity index (χ2v) is 7.13. The predicted molar refractivity (Wildman–Crippen MR) is 106 cm³/mol. The number of hydrogen-bond acceptors (Lipinski definition) is 2. The van der Waals surface area contributed by atoms with E-state index >= 15 is 0 Å². The molecule has 4 heteroatoms. The van der Waals surface area contributed by atoms with Crippen molar-refractivity contribution in [3.05, 3.63) is 58.7 Å². The summed E-state index contributed by atoms with van der Waals surface area (Å²) in [7, 11) is 0. The van der Waals surface area contributed by atoms with Crippen LogP contribution in [0.15, 0.2) is 36.4 Å². The van der Waals surface area contributed by atoms with Gasteiger partial charge in [0.2, 0.25) is 11.8 Å². The summed E-state index contributed by atoms with van der Waals surface area (Å²) < 4.78 is 0. The lowest BCUT2D eigenvalue weighted by Crippen LogP contribution is -2.28. The Morgan fingerprint density at radius 1 is 1.12 bits per heavy atom. The summed E-state index contributed by atoms with van der Waals surface area (Å²) in [6.45, 7) is 8.59. The van der Waals surface area contributed by atoms with E-state index in [0.29, 0.717) is 6.54 Å². The largest absolute Gasteiger partial charge is 0.325 e. The molecule has 26 heavy (non-hydrogen) atoms. The van der Waals surface area contributed by atoms with Crippen LogP contribution in [0.1, 0.15) is 35.6 Å². The van der Waals surface area contributed by atoms with Gasteiger partial charge in [-0.25, -0.2) is 0 Å². The van der Waals surface area contributed by atoms with Crippen LogP contribution in [-0.4, -0.2) is 18.4 Å².